The van der Waals surface area contributed by atoms with Crippen molar-refractivity contribution in [2.75, 3.05) is 13.7 Å². The maximum absolute atomic E-state index is 10.4. The Labute approximate surface area is 73.0 Å². The lowest BCUT2D eigenvalue weighted by Crippen LogP contribution is -2.20. The van der Waals surface area contributed by atoms with Crippen LogP contribution >= 0.6 is 0 Å². The highest BCUT2D eigenvalue weighted by Gasteiger charge is 1.89. The molecule has 0 rings (SSSR count). The van der Waals surface area contributed by atoms with Crippen LogP contribution in [0.4, 0.5) is 0 Å². The van der Waals surface area contributed by atoms with Crippen LogP contribution in [-0.4, -0.2) is 25.8 Å². The fourth-order valence-electron chi connectivity index (χ4n) is 0.752. The molecule has 4 nitrogen and oxygen atoms in total. The summed E-state index contributed by atoms with van der Waals surface area (Å²) in [5, 5.41) is 6.31. The van der Waals surface area contributed by atoms with Gasteiger partial charge in [0.2, 0.25) is 5.91 Å². The number of nitrogens with one attached hydrogen (secondary N) is 1. The largest absolute Gasteiger partial charge is 0.399 e. The number of rotatable bonds is 6. The smallest absolute Gasteiger partial charge is 0.216 e. The van der Waals surface area contributed by atoms with Crippen LogP contribution in [-0.2, 0) is 9.63 Å². The minimum atomic E-state index is 0.0283. The molecule has 0 bridgehead atoms. The zero-order chi connectivity index (χ0) is 9.23. The van der Waals surface area contributed by atoms with E-state index in [1.165, 1.54) is 14.0 Å². The van der Waals surface area contributed by atoms with Gasteiger partial charge in [-0.1, -0.05) is 5.16 Å². The summed E-state index contributed by atoms with van der Waals surface area (Å²) in [5.41, 5.74) is 0. The van der Waals surface area contributed by atoms with Gasteiger partial charge in [0.25, 0.3) is 0 Å². The van der Waals surface area contributed by atoms with Crippen LogP contribution in [0.1, 0.15) is 26.2 Å². The van der Waals surface area contributed by atoms with Crippen molar-refractivity contribution in [3.63, 3.8) is 0 Å². The van der Waals surface area contributed by atoms with E-state index in [1.807, 2.05) is 0 Å². The fraction of sp³-hybridized carbons (Fsp3) is 0.750. The molecule has 4 heteroatoms. The Hall–Kier alpha value is -1.06. The Morgan fingerprint density at radius 3 is 2.92 bits per heavy atom. The van der Waals surface area contributed by atoms with Crippen LogP contribution in [0.3, 0.4) is 0 Å². The Morgan fingerprint density at radius 1 is 1.58 bits per heavy atom. The quantitative estimate of drug-likeness (QED) is 0.368. The van der Waals surface area contributed by atoms with E-state index in [-0.39, 0.29) is 5.91 Å². The first-order chi connectivity index (χ1) is 5.77. The topological polar surface area (TPSA) is 50.7 Å². The highest BCUT2D eigenvalue weighted by Crippen LogP contribution is 1.90. The number of amides is 1. The van der Waals surface area contributed by atoms with E-state index in [9.17, 15) is 4.79 Å². The van der Waals surface area contributed by atoms with Crippen molar-refractivity contribution >= 4 is 12.1 Å². The second kappa shape index (κ2) is 8.04. The first kappa shape index (κ1) is 10.9. The molecule has 1 amide bonds. The van der Waals surface area contributed by atoms with Crippen molar-refractivity contribution in [2.24, 2.45) is 5.16 Å². The molecule has 0 aromatic heterocycles. The third-order valence-corrected chi connectivity index (χ3v) is 1.31. The highest BCUT2D eigenvalue weighted by molar-refractivity contribution is 5.72. The average molecular weight is 172 g/mol. The monoisotopic (exact) mass is 172 g/mol. The van der Waals surface area contributed by atoms with Gasteiger partial charge in [-0.2, -0.15) is 0 Å². The van der Waals surface area contributed by atoms with Crippen molar-refractivity contribution in [3.05, 3.63) is 0 Å². The molecule has 0 aliphatic rings. The van der Waals surface area contributed by atoms with Crippen molar-refractivity contribution in [1.29, 1.82) is 0 Å². The van der Waals surface area contributed by atoms with Gasteiger partial charge >= 0.3 is 0 Å². The molecule has 0 heterocycles. The Kier molecular flexibility index (Phi) is 7.33. The van der Waals surface area contributed by atoms with Gasteiger partial charge < -0.3 is 10.2 Å². The van der Waals surface area contributed by atoms with Crippen molar-refractivity contribution < 1.29 is 9.63 Å². The molecule has 70 valence electrons. The van der Waals surface area contributed by atoms with Crippen molar-refractivity contribution in [3.8, 4) is 0 Å². The molecule has 0 spiro atoms. The summed E-state index contributed by atoms with van der Waals surface area (Å²) >= 11 is 0. The predicted octanol–water partition coefficient (Wildman–Crippen LogP) is 0.925. The van der Waals surface area contributed by atoms with Gasteiger partial charge in [0.1, 0.15) is 7.11 Å². The second-order valence-electron chi connectivity index (χ2n) is 2.45. The molecule has 12 heavy (non-hydrogen) atoms. The van der Waals surface area contributed by atoms with Gasteiger partial charge in [-0.3, -0.25) is 4.79 Å². The summed E-state index contributed by atoms with van der Waals surface area (Å²) in [6.07, 6.45) is 4.63. The molecule has 0 unspecified atom stereocenters. The average Bonchev–Trinajstić information content (AvgIpc) is 2.02. The fourth-order valence-corrected chi connectivity index (χ4v) is 0.752. The van der Waals surface area contributed by atoms with E-state index in [4.69, 9.17) is 0 Å². The number of hydrogen-bond donors (Lipinski definition) is 1. The third kappa shape index (κ3) is 8.94. The van der Waals surface area contributed by atoms with Gasteiger partial charge in [-0.25, -0.2) is 0 Å². The molecule has 0 fully saturated rings. The molecule has 0 aliphatic heterocycles. The number of carbonyl (C=O) groups excluding carboxylic acids is 1. The Bertz CT molecular complexity index is 146. The lowest BCUT2D eigenvalue weighted by molar-refractivity contribution is -0.118. The Morgan fingerprint density at radius 2 is 2.33 bits per heavy atom. The van der Waals surface area contributed by atoms with Crippen LogP contribution in [0.25, 0.3) is 0 Å². The summed E-state index contributed by atoms with van der Waals surface area (Å²) in [5.74, 6) is 0.0283. The van der Waals surface area contributed by atoms with Crippen LogP contribution in [0, 0.1) is 0 Å². The SMILES string of the molecule is CO/N=C\CCCCNC(C)=O. The van der Waals surface area contributed by atoms with Gasteiger partial charge in [0.05, 0.1) is 0 Å². The third-order valence-electron chi connectivity index (χ3n) is 1.31. The second-order valence-corrected chi connectivity index (χ2v) is 2.45. The van der Waals surface area contributed by atoms with E-state index in [0.29, 0.717) is 0 Å². The number of oxime groups is 1. The first-order valence-electron chi connectivity index (χ1n) is 4.06. The van der Waals surface area contributed by atoms with Crippen molar-refractivity contribution in [2.45, 2.75) is 26.2 Å². The highest BCUT2D eigenvalue weighted by atomic mass is 16.6. The molecule has 0 atom stereocenters. The first-order valence-corrected chi connectivity index (χ1v) is 4.06. The molecular formula is C8H16N2O2. The zero-order valence-corrected chi connectivity index (χ0v) is 7.67. The molecule has 0 aliphatic carbocycles. The van der Waals surface area contributed by atoms with E-state index < -0.39 is 0 Å². The van der Waals surface area contributed by atoms with E-state index in [0.717, 1.165) is 25.8 Å². The van der Waals surface area contributed by atoms with Gasteiger partial charge in [-0.15, -0.1) is 0 Å². The van der Waals surface area contributed by atoms with Gasteiger partial charge in [-0.05, 0) is 19.3 Å². The molecule has 0 aromatic carbocycles. The van der Waals surface area contributed by atoms with Gasteiger partial charge in [0, 0.05) is 19.7 Å². The standard InChI is InChI=1S/C8H16N2O2/c1-8(11)9-6-4-3-5-7-10-12-2/h7H,3-6H2,1-2H3,(H,9,11)/b10-7-. The van der Waals surface area contributed by atoms with E-state index in [2.05, 4.69) is 15.3 Å². The zero-order valence-electron chi connectivity index (χ0n) is 7.67. The minimum Gasteiger partial charge on any atom is -0.399 e. The summed E-state index contributed by atoms with van der Waals surface area (Å²) in [7, 11) is 1.52. The number of nitrogens with zero attached hydrogens (tertiary/aromatic N) is 1. The molecule has 1 N–H and O–H groups in total. The molecule has 0 saturated carbocycles. The normalized spacial score (nSPS) is 10.2. The summed E-state index contributed by atoms with van der Waals surface area (Å²) in [4.78, 5) is 14.9. The number of unbranched alkanes of at least 4 members (excludes halogenated alkanes) is 2. The molecular weight excluding hydrogens is 156 g/mol. The minimum absolute atomic E-state index is 0.0283. The maximum Gasteiger partial charge on any atom is 0.216 e. The number of carbonyl (C=O) groups is 1. The van der Waals surface area contributed by atoms with Gasteiger partial charge in [0.15, 0.2) is 0 Å². The number of hydrogen-bond acceptors (Lipinski definition) is 3. The molecule has 0 saturated heterocycles. The van der Waals surface area contributed by atoms with Crippen LogP contribution in [0.15, 0.2) is 5.16 Å². The summed E-state index contributed by atoms with van der Waals surface area (Å²) in [6, 6.07) is 0. The van der Waals surface area contributed by atoms with E-state index >= 15 is 0 Å². The van der Waals surface area contributed by atoms with E-state index in [1.54, 1.807) is 6.21 Å². The lowest BCUT2D eigenvalue weighted by Gasteiger charge is -1.98. The predicted molar refractivity (Wildman–Crippen MR) is 48.0 cm³/mol. The maximum atomic E-state index is 10.4. The summed E-state index contributed by atoms with van der Waals surface area (Å²) < 4.78 is 0. The van der Waals surface area contributed by atoms with Crippen LogP contribution in [0.5, 0.6) is 0 Å². The lowest BCUT2D eigenvalue weighted by atomic mass is 10.2. The van der Waals surface area contributed by atoms with Crippen LogP contribution < -0.4 is 5.32 Å². The van der Waals surface area contributed by atoms with Crippen LogP contribution in [0.2, 0.25) is 0 Å². The molecule has 0 radical (unpaired) electrons. The molecule has 0 aromatic rings. The van der Waals surface area contributed by atoms with Crippen molar-refractivity contribution in [1.82, 2.24) is 5.32 Å². The summed E-state index contributed by atoms with van der Waals surface area (Å²) in [6.45, 7) is 2.27. The Balaban J connectivity index is 3.00.